The number of carbonyl (C=O) groups excluding carboxylic acids is 1. The molecule has 0 aliphatic carbocycles. The average Bonchev–Trinajstić information content (AvgIpc) is 2.89. The van der Waals surface area contributed by atoms with Gasteiger partial charge in [0.15, 0.2) is 0 Å². The molecular formula is C14H13BrN2O3S. The number of carboxylic acid groups (broad SMARTS) is 1. The zero-order valence-electron chi connectivity index (χ0n) is 11.2. The Kier molecular flexibility index (Phi) is 4.98. The van der Waals surface area contributed by atoms with E-state index in [0.29, 0.717) is 12.2 Å². The number of aromatic carboxylic acids is 1. The van der Waals surface area contributed by atoms with Gasteiger partial charge in [0.2, 0.25) is 0 Å². The maximum atomic E-state index is 12.1. The Hall–Kier alpha value is -1.86. The molecule has 0 bridgehead atoms. The number of rotatable bonds is 4. The van der Waals surface area contributed by atoms with E-state index in [-0.39, 0.29) is 11.6 Å². The molecule has 2 N–H and O–H groups in total. The van der Waals surface area contributed by atoms with E-state index in [2.05, 4.69) is 21.2 Å². The lowest BCUT2D eigenvalue weighted by Crippen LogP contribution is -2.37. The third kappa shape index (κ3) is 3.62. The minimum absolute atomic E-state index is 0.0902. The van der Waals surface area contributed by atoms with Gasteiger partial charge in [0.1, 0.15) is 0 Å². The van der Waals surface area contributed by atoms with Crippen molar-refractivity contribution >= 4 is 45.0 Å². The van der Waals surface area contributed by atoms with Gasteiger partial charge >= 0.3 is 12.0 Å². The molecule has 0 spiro atoms. The molecule has 0 aliphatic rings. The van der Waals surface area contributed by atoms with Crippen molar-refractivity contribution in [3.63, 3.8) is 0 Å². The van der Waals surface area contributed by atoms with Crippen LogP contribution < -0.4 is 10.2 Å². The second-order valence-corrected chi connectivity index (χ2v) is 6.09. The Bertz CT molecular complexity index is 672. The van der Waals surface area contributed by atoms with Crippen LogP contribution in [0.1, 0.15) is 15.2 Å². The Labute approximate surface area is 134 Å². The minimum atomic E-state index is -1.06. The number of para-hydroxylation sites is 1. The number of anilines is 1. The summed E-state index contributed by atoms with van der Waals surface area (Å²) in [4.78, 5) is 25.6. The molecule has 2 rings (SSSR count). The van der Waals surface area contributed by atoms with Crippen LogP contribution in [0, 0.1) is 0 Å². The maximum Gasteiger partial charge on any atom is 0.337 e. The van der Waals surface area contributed by atoms with Gasteiger partial charge in [-0.15, -0.1) is 11.3 Å². The lowest BCUT2D eigenvalue weighted by atomic mass is 10.1. The molecule has 7 heteroatoms. The van der Waals surface area contributed by atoms with Gasteiger partial charge in [0.25, 0.3) is 0 Å². The summed E-state index contributed by atoms with van der Waals surface area (Å²) >= 11 is 4.93. The summed E-state index contributed by atoms with van der Waals surface area (Å²) in [6, 6.07) is 7.95. The average molecular weight is 369 g/mol. The van der Waals surface area contributed by atoms with E-state index < -0.39 is 5.97 Å². The second-order valence-electron chi connectivity index (χ2n) is 4.23. The van der Waals surface area contributed by atoms with Gasteiger partial charge < -0.3 is 10.4 Å². The van der Waals surface area contributed by atoms with Crippen LogP contribution in [0.3, 0.4) is 0 Å². The largest absolute Gasteiger partial charge is 0.478 e. The summed E-state index contributed by atoms with van der Waals surface area (Å²) in [5.41, 5.74) is 0.445. The number of carbonyl (C=O) groups is 2. The summed E-state index contributed by atoms with van der Waals surface area (Å²) in [6.45, 7) is 0.386. The number of nitrogens with one attached hydrogen (secondary N) is 1. The highest BCUT2D eigenvalue weighted by Gasteiger charge is 2.17. The summed E-state index contributed by atoms with van der Waals surface area (Å²) in [6.07, 6.45) is 0. The Balaban J connectivity index is 2.09. The van der Waals surface area contributed by atoms with E-state index in [1.165, 1.54) is 22.3 Å². The molecule has 2 amide bonds. The van der Waals surface area contributed by atoms with Gasteiger partial charge in [0, 0.05) is 16.4 Å². The Morgan fingerprint density at radius 3 is 2.67 bits per heavy atom. The summed E-state index contributed by atoms with van der Waals surface area (Å²) in [5, 5.41) is 13.8. The predicted molar refractivity (Wildman–Crippen MR) is 86.1 cm³/mol. The number of hydrogen-bond donors (Lipinski definition) is 2. The third-order valence-electron chi connectivity index (χ3n) is 2.89. The zero-order valence-corrected chi connectivity index (χ0v) is 13.6. The van der Waals surface area contributed by atoms with Crippen molar-refractivity contribution in [2.45, 2.75) is 6.54 Å². The van der Waals surface area contributed by atoms with E-state index in [4.69, 9.17) is 5.11 Å². The highest BCUT2D eigenvalue weighted by Crippen LogP contribution is 2.23. The highest BCUT2D eigenvalue weighted by atomic mass is 79.9. The van der Waals surface area contributed by atoms with Gasteiger partial charge in [-0.1, -0.05) is 12.1 Å². The van der Waals surface area contributed by atoms with Crippen molar-refractivity contribution in [1.82, 2.24) is 5.32 Å². The number of carboxylic acids is 1. The summed E-state index contributed by atoms with van der Waals surface area (Å²) in [7, 11) is 1.54. The van der Waals surface area contributed by atoms with Crippen molar-refractivity contribution < 1.29 is 14.7 Å². The van der Waals surface area contributed by atoms with Crippen LogP contribution in [-0.4, -0.2) is 24.2 Å². The molecular weight excluding hydrogens is 356 g/mol. The van der Waals surface area contributed by atoms with Crippen LogP contribution in [-0.2, 0) is 6.54 Å². The molecule has 0 unspecified atom stereocenters. The number of urea groups is 1. The third-order valence-corrected chi connectivity index (χ3v) is 4.82. The molecule has 0 radical (unpaired) electrons. The zero-order chi connectivity index (χ0) is 15.4. The SMILES string of the molecule is CN(C(=O)NCc1sccc1Br)c1ccccc1C(=O)O. The molecule has 0 saturated carbocycles. The molecule has 110 valence electrons. The standard InChI is InChI=1S/C14H13BrN2O3S/c1-17(11-5-3-2-4-9(11)13(18)19)14(20)16-8-12-10(15)6-7-21-12/h2-7H,8H2,1H3,(H,16,20)(H,18,19). The molecule has 5 nitrogen and oxygen atoms in total. The number of benzene rings is 1. The van der Waals surface area contributed by atoms with Gasteiger partial charge in [-0.05, 0) is 39.5 Å². The lowest BCUT2D eigenvalue weighted by Gasteiger charge is -2.19. The van der Waals surface area contributed by atoms with E-state index >= 15 is 0 Å². The molecule has 2 aromatic rings. The Morgan fingerprint density at radius 2 is 2.05 bits per heavy atom. The quantitative estimate of drug-likeness (QED) is 0.866. The van der Waals surface area contributed by atoms with Crippen LogP contribution in [0.25, 0.3) is 0 Å². The number of halogens is 1. The van der Waals surface area contributed by atoms with Gasteiger partial charge in [0.05, 0.1) is 17.8 Å². The predicted octanol–water partition coefficient (Wildman–Crippen LogP) is 3.55. The van der Waals surface area contributed by atoms with E-state index in [1.54, 1.807) is 25.2 Å². The molecule has 0 saturated heterocycles. The fourth-order valence-electron chi connectivity index (χ4n) is 1.78. The van der Waals surface area contributed by atoms with Crippen LogP contribution in [0.2, 0.25) is 0 Å². The first-order valence-electron chi connectivity index (χ1n) is 6.06. The van der Waals surface area contributed by atoms with Gasteiger partial charge in [-0.3, -0.25) is 4.90 Å². The first kappa shape index (κ1) is 15.5. The van der Waals surface area contributed by atoms with Crippen LogP contribution >= 0.6 is 27.3 Å². The van der Waals surface area contributed by atoms with Crippen molar-refractivity contribution in [3.05, 3.63) is 50.6 Å². The number of thiophene rings is 1. The fraction of sp³-hybridized carbons (Fsp3) is 0.143. The second kappa shape index (κ2) is 6.73. The van der Waals surface area contributed by atoms with Crippen LogP contribution in [0.15, 0.2) is 40.2 Å². The monoisotopic (exact) mass is 368 g/mol. The van der Waals surface area contributed by atoms with Crippen LogP contribution in [0.5, 0.6) is 0 Å². The first-order chi connectivity index (χ1) is 10.0. The molecule has 21 heavy (non-hydrogen) atoms. The number of hydrogen-bond acceptors (Lipinski definition) is 3. The van der Waals surface area contributed by atoms with E-state index in [9.17, 15) is 9.59 Å². The molecule has 0 fully saturated rings. The molecule has 1 aromatic heterocycles. The summed E-state index contributed by atoms with van der Waals surface area (Å²) in [5.74, 6) is -1.06. The minimum Gasteiger partial charge on any atom is -0.478 e. The van der Waals surface area contributed by atoms with Crippen molar-refractivity contribution in [3.8, 4) is 0 Å². The first-order valence-corrected chi connectivity index (χ1v) is 7.73. The topological polar surface area (TPSA) is 69.6 Å². The van der Waals surface area contributed by atoms with E-state index in [0.717, 1.165) is 9.35 Å². The molecule has 0 atom stereocenters. The van der Waals surface area contributed by atoms with E-state index in [1.807, 2.05) is 11.4 Å². The van der Waals surface area contributed by atoms with Gasteiger partial charge in [-0.2, -0.15) is 0 Å². The maximum absolute atomic E-state index is 12.1. The highest BCUT2D eigenvalue weighted by molar-refractivity contribution is 9.10. The Morgan fingerprint density at radius 1 is 1.33 bits per heavy atom. The summed E-state index contributed by atoms with van der Waals surface area (Å²) < 4.78 is 0.946. The number of nitrogens with zero attached hydrogens (tertiary/aromatic N) is 1. The van der Waals surface area contributed by atoms with Crippen molar-refractivity contribution in [2.24, 2.45) is 0 Å². The normalized spacial score (nSPS) is 10.2. The fourth-order valence-corrected chi connectivity index (χ4v) is 3.21. The molecule has 1 aromatic carbocycles. The molecule has 0 aliphatic heterocycles. The number of amides is 2. The van der Waals surface area contributed by atoms with Gasteiger partial charge in [-0.25, -0.2) is 9.59 Å². The molecule has 1 heterocycles. The van der Waals surface area contributed by atoms with Crippen molar-refractivity contribution in [2.75, 3.05) is 11.9 Å². The smallest absolute Gasteiger partial charge is 0.337 e. The van der Waals surface area contributed by atoms with Crippen molar-refractivity contribution in [1.29, 1.82) is 0 Å². The lowest BCUT2D eigenvalue weighted by molar-refractivity contribution is 0.0697. The van der Waals surface area contributed by atoms with Crippen LogP contribution in [0.4, 0.5) is 10.5 Å².